The van der Waals surface area contributed by atoms with E-state index in [1.165, 1.54) is 26.2 Å². The number of phenolic OH excluding ortho intramolecular Hbond substituents is 1. The molecule has 30 heavy (non-hydrogen) atoms. The number of hydrogen-bond acceptors (Lipinski definition) is 7. The van der Waals surface area contributed by atoms with Gasteiger partial charge in [0, 0.05) is 13.8 Å². The first kappa shape index (κ1) is 24.9. The van der Waals surface area contributed by atoms with E-state index in [4.69, 9.17) is 9.47 Å². The molecular weight excluding hydrogens is 392 g/mol. The first-order chi connectivity index (χ1) is 14.0. The number of ether oxygens (including phenoxy) is 2. The van der Waals surface area contributed by atoms with Gasteiger partial charge in [-0.15, -0.1) is 0 Å². The topological polar surface area (TPSA) is 131 Å². The highest BCUT2D eigenvalue weighted by molar-refractivity contribution is 5.89. The van der Waals surface area contributed by atoms with Crippen LogP contribution in [0.3, 0.4) is 0 Å². The monoisotopic (exact) mass is 422 g/mol. The van der Waals surface area contributed by atoms with E-state index in [0.717, 1.165) is 6.92 Å². The van der Waals surface area contributed by atoms with Crippen molar-refractivity contribution in [3.05, 3.63) is 29.8 Å². The number of aromatic hydroxyl groups is 1. The van der Waals surface area contributed by atoms with Crippen LogP contribution in [0.4, 0.5) is 0 Å². The fourth-order valence-electron chi connectivity index (χ4n) is 2.96. The van der Waals surface area contributed by atoms with Crippen LogP contribution in [0, 0.1) is 5.92 Å². The van der Waals surface area contributed by atoms with Crippen molar-refractivity contribution in [1.82, 2.24) is 10.6 Å². The Morgan fingerprint density at radius 2 is 1.63 bits per heavy atom. The van der Waals surface area contributed by atoms with Gasteiger partial charge in [0.05, 0.1) is 13.2 Å². The van der Waals surface area contributed by atoms with Gasteiger partial charge < -0.3 is 25.2 Å². The van der Waals surface area contributed by atoms with Gasteiger partial charge in [0.2, 0.25) is 5.91 Å². The lowest BCUT2D eigenvalue weighted by atomic mass is 9.99. The standard InChI is InChI=1S/C21H30N2O7/c1-12(2)10-18(21(28)29-5)23-20(27)19(30-14(4)25)17(22-13(3)24)11-15-6-8-16(26)9-7-15/h6-9,12,17-19,26H,10-11H2,1-5H3,(H,22,24)(H,23,27)/t17-,18+,19+/m1/s1. The Bertz CT molecular complexity index is 746. The molecule has 0 fully saturated rings. The minimum absolute atomic E-state index is 0.0683. The van der Waals surface area contributed by atoms with E-state index >= 15 is 0 Å². The summed E-state index contributed by atoms with van der Waals surface area (Å²) in [5, 5.41) is 14.7. The van der Waals surface area contributed by atoms with Crippen LogP contribution in [0.1, 0.15) is 39.7 Å². The Labute approximate surface area is 176 Å². The van der Waals surface area contributed by atoms with Crippen LogP contribution in [-0.4, -0.2) is 54.2 Å². The number of carbonyl (C=O) groups is 4. The molecule has 0 heterocycles. The summed E-state index contributed by atoms with van der Waals surface area (Å²) in [4.78, 5) is 48.4. The number of methoxy groups -OCH3 is 1. The number of carbonyl (C=O) groups excluding carboxylic acids is 4. The predicted octanol–water partition coefficient (Wildman–Crippen LogP) is 1.07. The van der Waals surface area contributed by atoms with Crippen LogP contribution in [0.5, 0.6) is 5.75 Å². The number of esters is 2. The van der Waals surface area contributed by atoms with E-state index in [9.17, 15) is 24.3 Å². The molecule has 166 valence electrons. The second kappa shape index (κ2) is 11.8. The summed E-state index contributed by atoms with van der Waals surface area (Å²) >= 11 is 0. The third kappa shape index (κ3) is 8.50. The molecule has 0 radical (unpaired) electrons. The Kier molecular flexibility index (Phi) is 9.80. The molecule has 0 bridgehead atoms. The summed E-state index contributed by atoms with van der Waals surface area (Å²) < 4.78 is 9.98. The van der Waals surface area contributed by atoms with Crippen LogP contribution in [0.25, 0.3) is 0 Å². The average molecular weight is 422 g/mol. The van der Waals surface area contributed by atoms with Crippen LogP contribution >= 0.6 is 0 Å². The highest BCUT2D eigenvalue weighted by Crippen LogP contribution is 2.15. The molecule has 0 aliphatic rings. The number of amides is 2. The number of benzene rings is 1. The SMILES string of the molecule is COC(=O)[C@H](CC(C)C)NC(=O)[C@@H](OC(C)=O)[C@@H](Cc1ccc(O)cc1)NC(C)=O. The predicted molar refractivity (Wildman–Crippen MR) is 108 cm³/mol. The van der Waals surface area contributed by atoms with E-state index in [0.29, 0.717) is 12.0 Å². The van der Waals surface area contributed by atoms with Crippen LogP contribution < -0.4 is 10.6 Å². The van der Waals surface area contributed by atoms with Crippen molar-refractivity contribution in [2.75, 3.05) is 7.11 Å². The molecule has 3 N–H and O–H groups in total. The number of nitrogens with one attached hydrogen (secondary N) is 2. The van der Waals surface area contributed by atoms with Crippen molar-refractivity contribution in [3.8, 4) is 5.75 Å². The maximum absolute atomic E-state index is 13.0. The Balaban J connectivity index is 3.16. The molecule has 9 heteroatoms. The van der Waals surface area contributed by atoms with Gasteiger partial charge in [-0.05, 0) is 36.5 Å². The molecular formula is C21H30N2O7. The lowest BCUT2D eigenvalue weighted by Crippen LogP contribution is -2.56. The second-order valence-corrected chi connectivity index (χ2v) is 7.42. The fourth-order valence-corrected chi connectivity index (χ4v) is 2.96. The number of hydrogen-bond donors (Lipinski definition) is 3. The number of rotatable bonds is 10. The molecule has 0 spiro atoms. The maximum atomic E-state index is 13.0. The van der Waals surface area contributed by atoms with Gasteiger partial charge in [0.25, 0.3) is 5.91 Å². The van der Waals surface area contributed by atoms with Crippen molar-refractivity contribution in [2.24, 2.45) is 5.92 Å². The molecule has 1 aromatic rings. The highest BCUT2D eigenvalue weighted by Gasteiger charge is 2.35. The molecule has 0 aliphatic heterocycles. The Hall–Kier alpha value is -3.10. The molecule has 2 amide bonds. The minimum Gasteiger partial charge on any atom is -0.508 e. The molecule has 1 rings (SSSR count). The second-order valence-electron chi connectivity index (χ2n) is 7.42. The average Bonchev–Trinajstić information content (AvgIpc) is 2.65. The van der Waals surface area contributed by atoms with Crippen molar-refractivity contribution in [3.63, 3.8) is 0 Å². The smallest absolute Gasteiger partial charge is 0.328 e. The van der Waals surface area contributed by atoms with E-state index < -0.39 is 41.9 Å². The highest BCUT2D eigenvalue weighted by atomic mass is 16.5. The number of phenols is 1. The van der Waals surface area contributed by atoms with Crippen molar-refractivity contribution >= 4 is 23.8 Å². The first-order valence-electron chi connectivity index (χ1n) is 9.63. The van der Waals surface area contributed by atoms with Gasteiger partial charge in [0.1, 0.15) is 11.8 Å². The summed E-state index contributed by atoms with van der Waals surface area (Å²) in [5.74, 6) is -2.32. The normalized spacial score (nSPS) is 13.7. The molecule has 0 saturated heterocycles. The van der Waals surface area contributed by atoms with E-state index in [2.05, 4.69) is 10.6 Å². The molecule has 0 saturated carbocycles. The Morgan fingerprint density at radius 3 is 2.10 bits per heavy atom. The summed E-state index contributed by atoms with van der Waals surface area (Å²) in [6.07, 6.45) is -0.897. The van der Waals surface area contributed by atoms with Gasteiger partial charge in [-0.25, -0.2) is 4.79 Å². The molecule has 0 unspecified atom stereocenters. The zero-order chi connectivity index (χ0) is 22.8. The molecule has 0 aliphatic carbocycles. The molecule has 3 atom stereocenters. The minimum atomic E-state index is -1.38. The van der Waals surface area contributed by atoms with E-state index in [1.807, 2.05) is 13.8 Å². The molecule has 0 aromatic heterocycles. The van der Waals surface area contributed by atoms with Crippen molar-refractivity contribution in [2.45, 2.75) is 58.7 Å². The van der Waals surface area contributed by atoms with Gasteiger partial charge in [-0.1, -0.05) is 26.0 Å². The van der Waals surface area contributed by atoms with Crippen LogP contribution in [0.2, 0.25) is 0 Å². The fraction of sp³-hybridized carbons (Fsp3) is 0.524. The summed E-state index contributed by atoms with van der Waals surface area (Å²) in [7, 11) is 1.22. The first-order valence-corrected chi connectivity index (χ1v) is 9.63. The zero-order valence-electron chi connectivity index (χ0n) is 17.9. The summed E-state index contributed by atoms with van der Waals surface area (Å²) in [5.41, 5.74) is 0.697. The maximum Gasteiger partial charge on any atom is 0.328 e. The van der Waals surface area contributed by atoms with Crippen molar-refractivity contribution < 1.29 is 33.8 Å². The lowest BCUT2D eigenvalue weighted by molar-refractivity contribution is -0.158. The van der Waals surface area contributed by atoms with Crippen molar-refractivity contribution in [1.29, 1.82) is 0 Å². The van der Waals surface area contributed by atoms with Gasteiger partial charge in [0.15, 0.2) is 6.10 Å². The van der Waals surface area contributed by atoms with E-state index in [-0.39, 0.29) is 18.1 Å². The largest absolute Gasteiger partial charge is 0.508 e. The molecule has 9 nitrogen and oxygen atoms in total. The summed E-state index contributed by atoms with van der Waals surface area (Å²) in [6.45, 7) is 6.20. The quantitative estimate of drug-likeness (QED) is 0.481. The third-order valence-electron chi connectivity index (χ3n) is 4.21. The van der Waals surface area contributed by atoms with Gasteiger partial charge >= 0.3 is 11.9 Å². The zero-order valence-corrected chi connectivity index (χ0v) is 17.9. The van der Waals surface area contributed by atoms with Crippen LogP contribution in [-0.2, 0) is 35.1 Å². The van der Waals surface area contributed by atoms with E-state index in [1.54, 1.807) is 12.1 Å². The Morgan fingerprint density at radius 1 is 1.03 bits per heavy atom. The summed E-state index contributed by atoms with van der Waals surface area (Å²) in [6, 6.07) is 4.38. The van der Waals surface area contributed by atoms with Gasteiger partial charge in [-0.3, -0.25) is 14.4 Å². The third-order valence-corrected chi connectivity index (χ3v) is 4.21. The van der Waals surface area contributed by atoms with Gasteiger partial charge in [-0.2, -0.15) is 0 Å². The van der Waals surface area contributed by atoms with Crippen LogP contribution in [0.15, 0.2) is 24.3 Å². The molecule has 1 aromatic carbocycles. The lowest BCUT2D eigenvalue weighted by Gasteiger charge is -2.28.